The zero-order chi connectivity index (χ0) is 13.2. The average molecular weight is 258 g/mol. The molecule has 0 spiro atoms. The van der Waals surface area contributed by atoms with Crippen molar-refractivity contribution >= 4 is 22.7 Å². The predicted molar refractivity (Wildman–Crippen MR) is 69.1 cm³/mol. The van der Waals surface area contributed by atoms with Gasteiger partial charge in [0, 0.05) is 18.4 Å². The van der Waals surface area contributed by atoms with Crippen molar-refractivity contribution in [2.75, 3.05) is 6.54 Å². The van der Waals surface area contributed by atoms with Crippen LogP contribution >= 0.6 is 0 Å². The number of carbonyl (C=O) groups is 2. The summed E-state index contributed by atoms with van der Waals surface area (Å²) in [5.41, 5.74) is 3.74. The van der Waals surface area contributed by atoms with Gasteiger partial charge in [0.25, 0.3) is 5.91 Å². The molecule has 1 saturated heterocycles. The van der Waals surface area contributed by atoms with E-state index in [9.17, 15) is 9.59 Å². The highest BCUT2D eigenvalue weighted by Gasteiger charge is 2.22. The number of benzene rings is 1. The summed E-state index contributed by atoms with van der Waals surface area (Å²) in [4.78, 5) is 23.8. The number of piperidine rings is 1. The largest absolute Gasteiger partial charge is 0.290 e. The van der Waals surface area contributed by atoms with Crippen LogP contribution in [0, 0.1) is 0 Å². The second-order valence-corrected chi connectivity index (χ2v) is 4.56. The lowest BCUT2D eigenvalue weighted by molar-refractivity contribution is -0.135. The van der Waals surface area contributed by atoms with Gasteiger partial charge in [-0.05, 0) is 18.9 Å². The minimum absolute atomic E-state index is 0.0422. The van der Waals surface area contributed by atoms with Crippen molar-refractivity contribution in [3.8, 4) is 0 Å². The quantitative estimate of drug-likeness (QED) is 0.850. The van der Waals surface area contributed by atoms with Crippen LogP contribution in [0.4, 0.5) is 0 Å². The summed E-state index contributed by atoms with van der Waals surface area (Å²) in [7, 11) is 0. The third-order valence-electron chi connectivity index (χ3n) is 3.25. The second kappa shape index (κ2) is 4.72. The molecular formula is C13H14N4O2. The molecule has 3 rings (SSSR count). The molecule has 0 atom stereocenters. The lowest BCUT2D eigenvalue weighted by atomic mass is 10.1. The standard InChI is InChI=1S/C13H14N4O2/c18-11-7-3-4-8-17(11)16-13(19)12-9-5-1-2-6-10(9)14-15-12/h1-2,5-6H,3-4,7-8H2,(H,14,15)(H,16,19). The lowest BCUT2D eigenvalue weighted by Crippen LogP contribution is -2.48. The highest BCUT2D eigenvalue weighted by atomic mass is 16.2. The van der Waals surface area contributed by atoms with E-state index in [0.29, 0.717) is 18.7 Å². The summed E-state index contributed by atoms with van der Waals surface area (Å²) >= 11 is 0. The van der Waals surface area contributed by atoms with Crippen LogP contribution in [0.3, 0.4) is 0 Å². The van der Waals surface area contributed by atoms with Crippen molar-refractivity contribution < 1.29 is 9.59 Å². The summed E-state index contributed by atoms with van der Waals surface area (Å²) in [6.07, 6.45) is 2.28. The van der Waals surface area contributed by atoms with E-state index in [0.717, 1.165) is 23.7 Å². The first-order chi connectivity index (χ1) is 9.25. The maximum Gasteiger partial charge on any atom is 0.290 e. The van der Waals surface area contributed by atoms with Gasteiger partial charge < -0.3 is 0 Å². The molecule has 2 heterocycles. The van der Waals surface area contributed by atoms with E-state index in [-0.39, 0.29) is 11.8 Å². The molecule has 1 aromatic heterocycles. The van der Waals surface area contributed by atoms with Crippen LogP contribution in [0.15, 0.2) is 24.3 Å². The van der Waals surface area contributed by atoms with Crippen LogP contribution in [0.25, 0.3) is 10.9 Å². The lowest BCUT2D eigenvalue weighted by Gasteiger charge is -2.26. The van der Waals surface area contributed by atoms with Crippen LogP contribution in [-0.4, -0.2) is 33.6 Å². The molecule has 2 amide bonds. The Morgan fingerprint density at radius 3 is 3.00 bits per heavy atom. The Bertz CT molecular complexity index is 634. The fourth-order valence-electron chi connectivity index (χ4n) is 2.24. The van der Waals surface area contributed by atoms with Crippen LogP contribution in [0.2, 0.25) is 0 Å². The number of amides is 2. The van der Waals surface area contributed by atoms with Crippen molar-refractivity contribution in [3.05, 3.63) is 30.0 Å². The van der Waals surface area contributed by atoms with Crippen molar-refractivity contribution in [1.82, 2.24) is 20.6 Å². The Kier molecular flexibility index (Phi) is 2.91. The van der Waals surface area contributed by atoms with Crippen LogP contribution < -0.4 is 5.43 Å². The number of hydrogen-bond acceptors (Lipinski definition) is 3. The molecule has 1 aliphatic rings. The molecular weight excluding hydrogens is 244 g/mol. The maximum atomic E-state index is 12.1. The van der Waals surface area contributed by atoms with Gasteiger partial charge in [-0.15, -0.1) is 0 Å². The van der Waals surface area contributed by atoms with E-state index in [1.54, 1.807) is 0 Å². The van der Waals surface area contributed by atoms with Crippen molar-refractivity contribution in [1.29, 1.82) is 0 Å². The molecule has 0 aliphatic carbocycles. The number of aromatic amines is 1. The van der Waals surface area contributed by atoms with Gasteiger partial charge in [0.15, 0.2) is 5.69 Å². The number of nitrogens with zero attached hydrogens (tertiary/aromatic N) is 2. The zero-order valence-electron chi connectivity index (χ0n) is 10.3. The van der Waals surface area contributed by atoms with Gasteiger partial charge in [-0.2, -0.15) is 5.10 Å². The van der Waals surface area contributed by atoms with Crippen LogP contribution in [-0.2, 0) is 4.79 Å². The number of nitrogens with one attached hydrogen (secondary N) is 2. The SMILES string of the molecule is O=C(NN1CCCCC1=O)c1n[nH]c2ccccc12. The first kappa shape index (κ1) is 11.7. The van der Waals surface area contributed by atoms with Gasteiger partial charge in [0.05, 0.1) is 5.52 Å². The molecule has 2 N–H and O–H groups in total. The summed E-state index contributed by atoms with van der Waals surface area (Å²) in [5.74, 6) is -0.396. The number of hydrazine groups is 1. The number of carbonyl (C=O) groups excluding carboxylic acids is 2. The average Bonchev–Trinajstić information content (AvgIpc) is 2.85. The molecule has 0 bridgehead atoms. The van der Waals surface area contributed by atoms with Crippen molar-refractivity contribution in [3.63, 3.8) is 0 Å². The normalized spacial score (nSPS) is 15.8. The van der Waals surface area contributed by atoms with Crippen LogP contribution in [0.1, 0.15) is 29.8 Å². The topological polar surface area (TPSA) is 78.1 Å². The van der Waals surface area contributed by atoms with Crippen molar-refractivity contribution in [2.24, 2.45) is 0 Å². The molecule has 1 fully saturated rings. The molecule has 19 heavy (non-hydrogen) atoms. The first-order valence-electron chi connectivity index (χ1n) is 6.30. The maximum absolute atomic E-state index is 12.1. The zero-order valence-corrected chi connectivity index (χ0v) is 10.3. The fraction of sp³-hybridized carbons (Fsp3) is 0.308. The molecule has 6 heteroatoms. The van der Waals surface area contributed by atoms with E-state index < -0.39 is 0 Å². The number of fused-ring (bicyclic) bond motifs is 1. The third-order valence-corrected chi connectivity index (χ3v) is 3.25. The number of para-hydroxylation sites is 1. The molecule has 2 aromatic rings. The van der Waals surface area contributed by atoms with E-state index >= 15 is 0 Å². The molecule has 6 nitrogen and oxygen atoms in total. The fourth-order valence-corrected chi connectivity index (χ4v) is 2.24. The highest BCUT2D eigenvalue weighted by Crippen LogP contribution is 2.15. The molecule has 1 aliphatic heterocycles. The molecule has 0 unspecified atom stereocenters. The molecule has 0 radical (unpaired) electrons. The smallest absolute Gasteiger partial charge is 0.277 e. The van der Waals surface area contributed by atoms with Crippen molar-refractivity contribution in [2.45, 2.75) is 19.3 Å². The monoisotopic (exact) mass is 258 g/mol. The molecule has 0 saturated carbocycles. The number of aromatic nitrogens is 2. The second-order valence-electron chi connectivity index (χ2n) is 4.56. The van der Waals surface area contributed by atoms with E-state index in [1.165, 1.54) is 5.01 Å². The van der Waals surface area contributed by atoms with E-state index in [4.69, 9.17) is 0 Å². The van der Waals surface area contributed by atoms with Gasteiger partial charge in [-0.3, -0.25) is 25.1 Å². The number of hydrogen-bond donors (Lipinski definition) is 2. The van der Waals surface area contributed by atoms with Gasteiger partial charge in [0.1, 0.15) is 0 Å². The Hall–Kier alpha value is -2.37. The highest BCUT2D eigenvalue weighted by molar-refractivity contribution is 6.05. The van der Waals surface area contributed by atoms with E-state index in [1.807, 2.05) is 24.3 Å². The third kappa shape index (κ3) is 2.16. The summed E-state index contributed by atoms with van der Waals surface area (Å²) in [6.45, 7) is 0.562. The van der Waals surface area contributed by atoms with Gasteiger partial charge in [0.2, 0.25) is 5.91 Å². The first-order valence-corrected chi connectivity index (χ1v) is 6.30. The minimum Gasteiger partial charge on any atom is -0.277 e. The Labute approximate surface area is 109 Å². The minimum atomic E-state index is -0.354. The molecule has 1 aromatic carbocycles. The number of rotatable bonds is 2. The van der Waals surface area contributed by atoms with Gasteiger partial charge >= 0.3 is 0 Å². The molecule has 98 valence electrons. The summed E-state index contributed by atoms with van der Waals surface area (Å²) < 4.78 is 0. The predicted octanol–water partition coefficient (Wildman–Crippen LogP) is 1.22. The summed E-state index contributed by atoms with van der Waals surface area (Å²) in [6, 6.07) is 7.40. The Morgan fingerprint density at radius 1 is 1.32 bits per heavy atom. The van der Waals surface area contributed by atoms with Gasteiger partial charge in [-0.25, -0.2) is 0 Å². The Balaban J connectivity index is 1.82. The number of H-pyrrole nitrogens is 1. The van der Waals surface area contributed by atoms with Crippen LogP contribution in [0.5, 0.6) is 0 Å². The summed E-state index contributed by atoms with van der Waals surface area (Å²) in [5, 5.41) is 8.95. The van der Waals surface area contributed by atoms with Gasteiger partial charge in [-0.1, -0.05) is 18.2 Å². The van der Waals surface area contributed by atoms with E-state index in [2.05, 4.69) is 15.6 Å². The Morgan fingerprint density at radius 2 is 2.16 bits per heavy atom.